The van der Waals surface area contributed by atoms with E-state index in [-0.39, 0.29) is 5.91 Å². The van der Waals surface area contributed by atoms with Gasteiger partial charge in [0, 0.05) is 51.1 Å². The predicted octanol–water partition coefficient (Wildman–Crippen LogP) is 3.05. The molecule has 4 rings (SSSR count). The Balaban J connectivity index is 1.62. The summed E-state index contributed by atoms with van der Waals surface area (Å²) in [6.45, 7) is 3.65. The van der Waals surface area contributed by atoms with Gasteiger partial charge in [0.05, 0.1) is 16.5 Å². The normalized spacial score (nSPS) is 19.1. The van der Waals surface area contributed by atoms with Gasteiger partial charge < -0.3 is 14.2 Å². The van der Waals surface area contributed by atoms with Crippen molar-refractivity contribution in [2.24, 2.45) is 0 Å². The van der Waals surface area contributed by atoms with Crippen LogP contribution in [0.1, 0.15) is 41.1 Å². The van der Waals surface area contributed by atoms with Crippen molar-refractivity contribution in [1.29, 1.82) is 0 Å². The van der Waals surface area contributed by atoms with Crippen LogP contribution in [0.3, 0.4) is 0 Å². The maximum atomic E-state index is 13.1. The lowest BCUT2D eigenvalue weighted by Crippen LogP contribution is -2.49. The highest BCUT2D eigenvalue weighted by molar-refractivity contribution is 5.94. The molecule has 1 aliphatic heterocycles. The summed E-state index contributed by atoms with van der Waals surface area (Å²) < 4.78 is 10.9. The van der Waals surface area contributed by atoms with Crippen LogP contribution in [-0.2, 0) is 10.2 Å². The molecule has 0 radical (unpaired) electrons. The van der Waals surface area contributed by atoms with Gasteiger partial charge in [0.1, 0.15) is 0 Å². The molecular formula is C22H25N5O3. The molecule has 1 unspecified atom stereocenters. The lowest BCUT2D eigenvalue weighted by Gasteiger charge is -2.40. The van der Waals surface area contributed by atoms with E-state index in [2.05, 4.69) is 20.1 Å². The Hall–Kier alpha value is -3.13. The van der Waals surface area contributed by atoms with E-state index in [9.17, 15) is 4.79 Å². The minimum Gasteiger partial charge on any atom is -0.385 e. The molecule has 3 aromatic heterocycles. The Bertz CT molecular complexity index is 990. The summed E-state index contributed by atoms with van der Waals surface area (Å²) in [6, 6.07) is 7.39. The Kier molecular flexibility index (Phi) is 5.85. The standard InChI is InChI=1S/C22H25N5O3/c1-16-6-7-18(14-24-16)20(28)27-11-4-8-22(15-27,9-12-29-2)21-25-19(30-26-21)17-5-3-10-23-13-17/h3,5-7,10,13-14H,4,8-9,11-12,15H2,1-2H3. The second kappa shape index (κ2) is 8.71. The fourth-order valence-electron chi connectivity index (χ4n) is 3.92. The molecule has 0 aromatic carbocycles. The number of aryl methyl sites for hydroxylation is 1. The van der Waals surface area contributed by atoms with Crippen LogP contribution in [0.5, 0.6) is 0 Å². The molecule has 1 atom stereocenters. The second-order valence-electron chi connectivity index (χ2n) is 7.71. The zero-order chi connectivity index (χ0) is 21.0. The van der Waals surface area contributed by atoms with E-state index in [0.29, 0.717) is 43.4 Å². The number of aromatic nitrogens is 4. The van der Waals surface area contributed by atoms with Gasteiger partial charge in [-0.15, -0.1) is 0 Å². The van der Waals surface area contributed by atoms with Crippen LogP contribution in [0.15, 0.2) is 47.4 Å². The topological polar surface area (TPSA) is 94.2 Å². The fourth-order valence-corrected chi connectivity index (χ4v) is 3.92. The molecular weight excluding hydrogens is 382 g/mol. The van der Waals surface area contributed by atoms with Gasteiger partial charge in [-0.25, -0.2) is 0 Å². The fraction of sp³-hybridized carbons (Fsp3) is 0.409. The summed E-state index contributed by atoms with van der Waals surface area (Å²) >= 11 is 0. The number of hydrogen-bond donors (Lipinski definition) is 0. The third-order valence-corrected chi connectivity index (χ3v) is 5.62. The number of hydrogen-bond acceptors (Lipinski definition) is 7. The molecule has 1 fully saturated rings. The molecule has 3 aromatic rings. The van der Waals surface area contributed by atoms with E-state index in [1.807, 2.05) is 36.1 Å². The summed E-state index contributed by atoms with van der Waals surface area (Å²) in [7, 11) is 1.68. The quantitative estimate of drug-likeness (QED) is 0.620. The van der Waals surface area contributed by atoms with Gasteiger partial charge in [-0.1, -0.05) is 5.16 Å². The van der Waals surface area contributed by atoms with E-state index in [1.54, 1.807) is 25.7 Å². The molecule has 0 saturated carbocycles. The molecule has 4 heterocycles. The Morgan fingerprint density at radius 3 is 2.93 bits per heavy atom. The van der Waals surface area contributed by atoms with E-state index in [4.69, 9.17) is 9.26 Å². The predicted molar refractivity (Wildman–Crippen MR) is 110 cm³/mol. The number of amides is 1. The Labute approximate surface area is 175 Å². The van der Waals surface area contributed by atoms with E-state index < -0.39 is 5.41 Å². The first kappa shape index (κ1) is 20.2. The number of carbonyl (C=O) groups is 1. The molecule has 30 heavy (non-hydrogen) atoms. The highest BCUT2D eigenvalue weighted by atomic mass is 16.5. The first-order valence-electron chi connectivity index (χ1n) is 10.1. The lowest BCUT2D eigenvalue weighted by atomic mass is 9.76. The number of rotatable bonds is 6. The average molecular weight is 407 g/mol. The maximum Gasteiger partial charge on any atom is 0.259 e. The third kappa shape index (κ3) is 4.09. The van der Waals surface area contributed by atoms with Crippen molar-refractivity contribution in [3.8, 4) is 11.5 Å². The van der Waals surface area contributed by atoms with Crippen LogP contribution in [0.25, 0.3) is 11.5 Å². The molecule has 156 valence electrons. The molecule has 0 N–H and O–H groups in total. The van der Waals surface area contributed by atoms with Crippen LogP contribution in [0.4, 0.5) is 0 Å². The van der Waals surface area contributed by atoms with Crippen molar-refractivity contribution in [3.05, 3.63) is 59.9 Å². The number of nitrogens with zero attached hydrogens (tertiary/aromatic N) is 5. The van der Waals surface area contributed by atoms with Crippen molar-refractivity contribution in [2.45, 2.75) is 31.6 Å². The number of piperidine rings is 1. The Morgan fingerprint density at radius 1 is 1.30 bits per heavy atom. The van der Waals surface area contributed by atoms with Crippen LogP contribution in [-0.4, -0.2) is 57.7 Å². The van der Waals surface area contributed by atoms with E-state index in [0.717, 1.165) is 24.1 Å². The molecule has 1 aliphatic rings. The lowest BCUT2D eigenvalue weighted by molar-refractivity contribution is 0.0566. The van der Waals surface area contributed by atoms with Gasteiger partial charge in [0.2, 0.25) is 0 Å². The zero-order valence-electron chi connectivity index (χ0n) is 17.2. The molecule has 8 heteroatoms. The summed E-state index contributed by atoms with van der Waals surface area (Å²) in [5.41, 5.74) is 1.82. The van der Waals surface area contributed by atoms with Crippen molar-refractivity contribution < 1.29 is 14.1 Å². The summed E-state index contributed by atoms with van der Waals surface area (Å²) in [5.74, 6) is 1.01. The average Bonchev–Trinajstić information content (AvgIpc) is 3.30. The van der Waals surface area contributed by atoms with Crippen LogP contribution in [0, 0.1) is 6.92 Å². The highest BCUT2D eigenvalue weighted by Gasteiger charge is 2.42. The van der Waals surface area contributed by atoms with Gasteiger partial charge in [-0.2, -0.15) is 4.98 Å². The minimum absolute atomic E-state index is 0.0278. The molecule has 8 nitrogen and oxygen atoms in total. The molecule has 1 saturated heterocycles. The summed E-state index contributed by atoms with van der Waals surface area (Å²) in [5, 5.41) is 4.30. The van der Waals surface area contributed by atoms with Gasteiger partial charge in [-0.05, 0) is 50.5 Å². The number of pyridine rings is 2. The largest absolute Gasteiger partial charge is 0.385 e. The molecule has 0 aliphatic carbocycles. The number of carbonyl (C=O) groups excluding carboxylic acids is 1. The second-order valence-corrected chi connectivity index (χ2v) is 7.71. The van der Waals surface area contributed by atoms with Crippen molar-refractivity contribution in [2.75, 3.05) is 26.8 Å². The van der Waals surface area contributed by atoms with Gasteiger partial charge in [0.25, 0.3) is 11.8 Å². The van der Waals surface area contributed by atoms with Gasteiger partial charge in [0.15, 0.2) is 5.82 Å². The summed E-state index contributed by atoms with van der Waals surface area (Å²) in [6.07, 6.45) is 7.44. The zero-order valence-corrected chi connectivity index (χ0v) is 17.2. The molecule has 0 spiro atoms. The van der Waals surface area contributed by atoms with Crippen LogP contribution < -0.4 is 0 Å². The van der Waals surface area contributed by atoms with E-state index in [1.165, 1.54) is 0 Å². The molecule has 1 amide bonds. The minimum atomic E-state index is -0.425. The first-order valence-corrected chi connectivity index (χ1v) is 10.1. The maximum absolute atomic E-state index is 13.1. The monoisotopic (exact) mass is 407 g/mol. The molecule has 0 bridgehead atoms. The van der Waals surface area contributed by atoms with Crippen LogP contribution in [0.2, 0.25) is 0 Å². The van der Waals surface area contributed by atoms with Crippen molar-refractivity contribution in [1.82, 2.24) is 25.0 Å². The number of methoxy groups -OCH3 is 1. The van der Waals surface area contributed by atoms with Crippen LogP contribution >= 0.6 is 0 Å². The number of ether oxygens (including phenoxy) is 1. The van der Waals surface area contributed by atoms with Crippen molar-refractivity contribution >= 4 is 5.91 Å². The number of likely N-dealkylation sites (tertiary alicyclic amines) is 1. The first-order chi connectivity index (χ1) is 14.6. The smallest absolute Gasteiger partial charge is 0.259 e. The summed E-state index contributed by atoms with van der Waals surface area (Å²) in [4.78, 5) is 28.0. The van der Waals surface area contributed by atoms with Crippen molar-refractivity contribution in [3.63, 3.8) is 0 Å². The highest BCUT2D eigenvalue weighted by Crippen LogP contribution is 2.37. The van der Waals surface area contributed by atoms with E-state index >= 15 is 0 Å². The SMILES string of the molecule is COCCC1(c2noc(-c3cccnc3)n2)CCCN(C(=O)c2ccc(C)nc2)C1. The third-order valence-electron chi connectivity index (χ3n) is 5.62. The van der Waals surface area contributed by atoms with Gasteiger partial charge in [-0.3, -0.25) is 14.8 Å². The Morgan fingerprint density at radius 2 is 2.20 bits per heavy atom. The van der Waals surface area contributed by atoms with Gasteiger partial charge >= 0.3 is 0 Å².